The molecule has 0 amide bonds. The molecule has 2 unspecified atom stereocenters. The molecule has 0 saturated carbocycles. The van der Waals surface area contributed by atoms with Crippen molar-refractivity contribution in [2.45, 2.75) is 135 Å². The predicted molar refractivity (Wildman–Crippen MR) is 138 cm³/mol. The van der Waals surface area contributed by atoms with Gasteiger partial charge in [-0.25, -0.2) is 0 Å². The first-order chi connectivity index (χ1) is 15.6. The Hall–Kier alpha value is -0.200. The van der Waals surface area contributed by atoms with Crippen LogP contribution in [0, 0.1) is 5.92 Å². The van der Waals surface area contributed by atoms with Crippen molar-refractivity contribution >= 4 is 0 Å². The van der Waals surface area contributed by atoms with Gasteiger partial charge in [0.2, 0.25) is 0 Å². The maximum Gasteiger partial charge on any atom is 0.0739 e. The van der Waals surface area contributed by atoms with Gasteiger partial charge in [-0.15, -0.1) is 0 Å². The molecule has 0 aromatic rings. The van der Waals surface area contributed by atoms with Crippen molar-refractivity contribution < 1.29 is 15.3 Å². The molecule has 5 heteroatoms. The molecule has 0 aliphatic rings. The molecule has 0 aliphatic heterocycles. The highest BCUT2D eigenvalue weighted by atomic mass is 16.3. The lowest BCUT2D eigenvalue weighted by Gasteiger charge is -2.46. The highest BCUT2D eigenvalue weighted by molar-refractivity contribution is 4.91. The van der Waals surface area contributed by atoms with E-state index in [1.54, 1.807) is 0 Å². The summed E-state index contributed by atoms with van der Waals surface area (Å²) in [6, 6.07) is 0. The van der Waals surface area contributed by atoms with Gasteiger partial charge in [-0.05, 0) is 31.7 Å². The highest BCUT2D eigenvalue weighted by Crippen LogP contribution is 2.31. The van der Waals surface area contributed by atoms with Crippen LogP contribution in [0.2, 0.25) is 0 Å². The number of aliphatic hydroxyl groups excluding tert-OH is 3. The smallest absolute Gasteiger partial charge is 0.0739 e. The molecular formula is C27H58N2O3. The standard InChI is InChI=1S/C27H58N2O3/c1-3-5-6-7-8-9-10-11-12-13-14-15-16-17-18-26(19-23-30)27(28,20-24-31)29(21-4-2)22-25-32/h26,30-32H,3-25,28H2,1-2H3. The molecule has 5 N–H and O–H groups in total. The van der Waals surface area contributed by atoms with Gasteiger partial charge >= 0.3 is 0 Å². The zero-order valence-electron chi connectivity index (χ0n) is 21.7. The van der Waals surface area contributed by atoms with E-state index in [1.165, 1.54) is 83.5 Å². The first-order valence-electron chi connectivity index (χ1n) is 14.0. The average molecular weight is 459 g/mol. The van der Waals surface area contributed by atoms with Crippen LogP contribution in [-0.4, -0.2) is 58.8 Å². The van der Waals surface area contributed by atoms with Gasteiger partial charge in [-0.1, -0.05) is 104 Å². The minimum atomic E-state index is -0.660. The van der Waals surface area contributed by atoms with Gasteiger partial charge < -0.3 is 21.1 Å². The molecule has 0 aliphatic carbocycles. The second-order valence-corrected chi connectivity index (χ2v) is 9.77. The van der Waals surface area contributed by atoms with Gasteiger partial charge in [0.05, 0.1) is 12.3 Å². The summed E-state index contributed by atoms with van der Waals surface area (Å²) in [5.41, 5.74) is 6.19. The number of nitrogens with two attached hydrogens (primary N) is 1. The van der Waals surface area contributed by atoms with E-state index in [-0.39, 0.29) is 25.7 Å². The lowest BCUT2D eigenvalue weighted by molar-refractivity contribution is -0.00927. The van der Waals surface area contributed by atoms with Crippen LogP contribution in [0.3, 0.4) is 0 Å². The lowest BCUT2D eigenvalue weighted by Crippen LogP contribution is -2.62. The quantitative estimate of drug-likeness (QED) is 0.106. The van der Waals surface area contributed by atoms with Crippen LogP contribution in [0.5, 0.6) is 0 Å². The van der Waals surface area contributed by atoms with E-state index in [9.17, 15) is 15.3 Å². The molecule has 194 valence electrons. The van der Waals surface area contributed by atoms with Crippen molar-refractivity contribution in [3.8, 4) is 0 Å². The van der Waals surface area contributed by atoms with E-state index >= 15 is 0 Å². The molecule has 0 radical (unpaired) electrons. The Kier molecular flexibility index (Phi) is 22.4. The summed E-state index contributed by atoms with van der Waals surface area (Å²) in [7, 11) is 0. The van der Waals surface area contributed by atoms with Crippen LogP contribution in [0.15, 0.2) is 0 Å². The summed E-state index contributed by atoms with van der Waals surface area (Å²) in [6.07, 6.45) is 21.9. The molecule has 0 saturated heterocycles. The van der Waals surface area contributed by atoms with E-state index in [2.05, 4.69) is 18.7 Å². The van der Waals surface area contributed by atoms with Gasteiger partial charge in [0.15, 0.2) is 0 Å². The Morgan fingerprint density at radius 1 is 0.594 bits per heavy atom. The van der Waals surface area contributed by atoms with E-state index in [1.807, 2.05) is 0 Å². The molecule has 0 aromatic carbocycles. The second kappa shape index (κ2) is 22.6. The summed E-state index contributed by atoms with van der Waals surface area (Å²) in [5, 5.41) is 28.8. The van der Waals surface area contributed by atoms with Crippen LogP contribution < -0.4 is 5.73 Å². The zero-order valence-corrected chi connectivity index (χ0v) is 21.7. The zero-order chi connectivity index (χ0) is 23.9. The molecule has 0 heterocycles. The highest BCUT2D eigenvalue weighted by Gasteiger charge is 2.38. The number of unbranched alkanes of at least 4 members (excludes halogenated alkanes) is 13. The summed E-state index contributed by atoms with van der Waals surface area (Å²) in [4.78, 5) is 2.13. The summed E-state index contributed by atoms with van der Waals surface area (Å²) < 4.78 is 0. The Morgan fingerprint density at radius 2 is 1.09 bits per heavy atom. The number of hydrogen-bond donors (Lipinski definition) is 4. The van der Waals surface area contributed by atoms with E-state index < -0.39 is 5.66 Å². The summed E-state index contributed by atoms with van der Waals surface area (Å²) in [5.74, 6) is 0.134. The molecule has 32 heavy (non-hydrogen) atoms. The molecule has 0 aromatic heterocycles. The van der Waals surface area contributed by atoms with Crippen molar-refractivity contribution in [2.75, 3.05) is 32.9 Å². The third-order valence-corrected chi connectivity index (χ3v) is 7.06. The number of hydrogen-bond acceptors (Lipinski definition) is 5. The number of aliphatic hydroxyl groups is 3. The first-order valence-corrected chi connectivity index (χ1v) is 14.0. The second-order valence-electron chi connectivity index (χ2n) is 9.77. The molecule has 0 fully saturated rings. The lowest BCUT2D eigenvalue weighted by atomic mass is 9.82. The Balaban J connectivity index is 4.15. The van der Waals surface area contributed by atoms with Gasteiger partial charge in [0.25, 0.3) is 0 Å². The third kappa shape index (κ3) is 14.8. The van der Waals surface area contributed by atoms with Crippen molar-refractivity contribution in [3.05, 3.63) is 0 Å². The maximum atomic E-state index is 9.67. The number of rotatable bonds is 25. The van der Waals surface area contributed by atoms with Crippen molar-refractivity contribution in [1.29, 1.82) is 0 Å². The van der Waals surface area contributed by atoms with Crippen molar-refractivity contribution in [3.63, 3.8) is 0 Å². The fourth-order valence-electron chi connectivity index (χ4n) is 5.10. The normalized spacial score (nSPS) is 14.7. The number of nitrogens with zero attached hydrogens (tertiary/aromatic N) is 1. The van der Waals surface area contributed by atoms with Crippen LogP contribution in [0.25, 0.3) is 0 Å². The molecular weight excluding hydrogens is 400 g/mol. The SMILES string of the molecule is CCCCCCCCCCCCCCCCC(CCO)C(N)(CCO)N(CCC)CCO. The van der Waals surface area contributed by atoms with Gasteiger partial charge in [-0.3, -0.25) is 4.90 Å². The van der Waals surface area contributed by atoms with E-state index in [0.29, 0.717) is 19.4 Å². The van der Waals surface area contributed by atoms with Crippen LogP contribution in [0.4, 0.5) is 0 Å². The summed E-state index contributed by atoms with van der Waals surface area (Å²) >= 11 is 0. The fraction of sp³-hybridized carbons (Fsp3) is 1.00. The Bertz CT molecular complexity index is 378. The first kappa shape index (κ1) is 31.8. The topological polar surface area (TPSA) is 90.0 Å². The van der Waals surface area contributed by atoms with Gasteiger partial charge in [-0.2, -0.15) is 0 Å². The molecule has 0 rings (SSSR count). The van der Waals surface area contributed by atoms with E-state index in [4.69, 9.17) is 5.73 Å². The van der Waals surface area contributed by atoms with Crippen LogP contribution >= 0.6 is 0 Å². The molecule has 0 bridgehead atoms. The molecule has 2 atom stereocenters. The minimum absolute atomic E-state index is 0.0306. The largest absolute Gasteiger partial charge is 0.396 e. The van der Waals surface area contributed by atoms with Crippen molar-refractivity contribution in [2.24, 2.45) is 11.7 Å². The summed E-state index contributed by atoms with van der Waals surface area (Å²) in [6.45, 7) is 5.92. The van der Waals surface area contributed by atoms with Crippen LogP contribution in [0.1, 0.15) is 129 Å². The van der Waals surface area contributed by atoms with Crippen molar-refractivity contribution in [1.82, 2.24) is 4.90 Å². The Morgan fingerprint density at radius 3 is 1.50 bits per heavy atom. The Labute approximate surface area is 200 Å². The monoisotopic (exact) mass is 458 g/mol. The predicted octanol–water partition coefficient (Wildman–Crippen LogP) is 5.60. The van der Waals surface area contributed by atoms with Gasteiger partial charge in [0, 0.05) is 26.2 Å². The van der Waals surface area contributed by atoms with Gasteiger partial charge in [0.1, 0.15) is 0 Å². The van der Waals surface area contributed by atoms with Crippen LogP contribution in [-0.2, 0) is 0 Å². The average Bonchev–Trinajstić information content (AvgIpc) is 2.78. The maximum absolute atomic E-state index is 9.67. The molecule has 0 spiro atoms. The fourth-order valence-corrected chi connectivity index (χ4v) is 5.10. The van der Waals surface area contributed by atoms with E-state index in [0.717, 1.165) is 25.8 Å². The molecule has 5 nitrogen and oxygen atoms in total. The third-order valence-electron chi connectivity index (χ3n) is 7.06. The minimum Gasteiger partial charge on any atom is -0.396 e.